The molecule has 0 unspecified atom stereocenters. The Morgan fingerprint density at radius 3 is 2.32 bits per heavy atom. The van der Waals surface area contributed by atoms with Gasteiger partial charge in [-0.2, -0.15) is 13.2 Å². The van der Waals surface area contributed by atoms with Gasteiger partial charge in [-0.05, 0) is 23.8 Å². The second-order valence-electron chi connectivity index (χ2n) is 5.16. The van der Waals surface area contributed by atoms with Gasteiger partial charge in [0.25, 0.3) is 0 Å². The topological polar surface area (TPSA) is 15.3 Å². The van der Waals surface area contributed by atoms with E-state index in [9.17, 15) is 26.3 Å². The number of alkyl halides is 5. The molecular formula is C14H16F6N2. The fourth-order valence-corrected chi connectivity index (χ4v) is 2.70. The van der Waals surface area contributed by atoms with Gasteiger partial charge in [-0.15, -0.1) is 0 Å². The largest absolute Gasteiger partial charge is 0.416 e. The Balaban J connectivity index is 2.43. The van der Waals surface area contributed by atoms with E-state index >= 15 is 0 Å². The zero-order valence-corrected chi connectivity index (χ0v) is 11.6. The molecule has 0 spiro atoms. The molecule has 0 aromatic heterocycles. The molecule has 2 rings (SSSR count). The number of hydrogen-bond donors (Lipinski definition) is 1. The molecule has 1 aliphatic rings. The average molecular weight is 326 g/mol. The van der Waals surface area contributed by atoms with Gasteiger partial charge in [-0.25, -0.2) is 13.2 Å². The van der Waals surface area contributed by atoms with Gasteiger partial charge in [0.05, 0.1) is 5.56 Å². The molecule has 1 atom stereocenters. The van der Waals surface area contributed by atoms with E-state index in [-0.39, 0.29) is 0 Å². The number of halogens is 6. The quantitative estimate of drug-likeness (QED) is 0.853. The zero-order chi connectivity index (χ0) is 16.3. The SMILES string of the molecule is Fc1ccc(C(F)(F)F)c([C@H](CC(F)F)N2CCNCC2)c1. The van der Waals surface area contributed by atoms with Crippen molar-refractivity contribution in [1.82, 2.24) is 10.2 Å². The standard InChI is InChI=1S/C14H16F6N2/c15-9-1-2-11(14(18,19)20)10(7-9)12(8-13(16)17)22-5-3-21-4-6-22/h1-2,7,12-13,21H,3-6,8H2/t12-/m0/s1. The summed E-state index contributed by atoms with van der Waals surface area (Å²) in [5.74, 6) is -0.864. The minimum atomic E-state index is -4.71. The monoisotopic (exact) mass is 326 g/mol. The lowest BCUT2D eigenvalue weighted by Crippen LogP contribution is -2.46. The average Bonchev–Trinajstić information content (AvgIpc) is 2.44. The molecule has 22 heavy (non-hydrogen) atoms. The van der Waals surface area contributed by atoms with Crippen LogP contribution in [0.3, 0.4) is 0 Å². The second kappa shape index (κ2) is 6.87. The molecule has 0 amide bonds. The summed E-state index contributed by atoms with van der Waals surface area (Å²) in [6.45, 7) is 1.67. The van der Waals surface area contributed by atoms with E-state index in [4.69, 9.17) is 0 Å². The van der Waals surface area contributed by atoms with Crippen LogP contribution < -0.4 is 5.32 Å². The number of nitrogens with zero attached hydrogens (tertiary/aromatic N) is 1. The van der Waals surface area contributed by atoms with Crippen molar-refractivity contribution in [1.29, 1.82) is 0 Å². The van der Waals surface area contributed by atoms with Crippen molar-refractivity contribution in [3.63, 3.8) is 0 Å². The maximum Gasteiger partial charge on any atom is 0.416 e. The summed E-state index contributed by atoms with van der Waals surface area (Å²) in [7, 11) is 0. The first-order chi connectivity index (χ1) is 10.3. The van der Waals surface area contributed by atoms with Gasteiger partial charge in [-0.3, -0.25) is 4.90 Å². The van der Waals surface area contributed by atoms with Crippen LogP contribution in [0, 0.1) is 5.82 Å². The summed E-state index contributed by atoms with van der Waals surface area (Å²) >= 11 is 0. The minimum absolute atomic E-state index is 0.338. The molecule has 2 nitrogen and oxygen atoms in total. The van der Waals surface area contributed by atoms with Gasteiger partial charge >= 0.3 is 6.18 Å². The van der Waals surface area contributed by atoms with Crippen molar-refractivity contribution in [3.8, 4) is 0 Å². The number of benzene rings is 1. The van der Waals surface area contributed by atoms with E-state index in [0.29, 0.717) is 38.3 Å². The van der Waals surface area contributed by atoms with Crippen LogP contribution in [0.1, 0.15) is 23.6 Å². The molecule has 1 N–H and O–H groups in total. The van der Waals surface area contributed by atoms with E-state index in [1.165, 1.54) is 0 Å². The first kappa shape index (κ1) is 17.1. The molecule has 0 aliphatic carbocycles. The maximum atomic E-state index is 13.4. The Bertz CT molecular complexity index is 497. The van der Waals surface area contributed by atoms with Gasteiger partial charge in [0, 0.05) is 38.6 Å². The van der Waals surface area contributed by atoms with Crippen LogP contribution in [0.25, 0.3) is 0 Å². The molecule has 1 aromatic rings. The van der Waals surface area contributed by atoms with Crippen LogP contribution in [-0.2, 0) is 6.18 Å². The molecule has 124 valence electrons. The number of nitrogens with one attached hydrogen (secondary N) is 1. The normalized spacial score (nSPS) is 18.7. The van der Waals surface area contributed by atoms with E-state index in [1.807, 2.05) is 0 Å². The molecular weight excluding hydrogens is 310 g/mol. The van der Waals surface area contributed by atoms with Gasteiger partial charge in [0.1, 0.15) is 5.82 Å². The third-order valence-electron chi connectivity index (χ3n) is 3.67. The lowest BCUT2D eigenvalue weighted by atomic mass is 9.95. The summed E-state index contributed by atoms with van der Waals surface area (Å²) in [5.41, 5.74) is -1.48. The van der Waals surface area contributed by atoms with Gasteiger partial charge in [0.15, 0.2) is 0 Å². The molecule has 8 heteroatoms. The number of piperazine rings is 1. The summed E-state index contributed by atoms with van der Waals surface area (Å²) in [4.78, 5) is 1.55. The van der Waals surface area contributed by atoms with Crippen LogP contribution in [0.15, 0.2) is 18.2 Å². The van der Waals surface area contributed by atoms with Crippen LogP contribution in [0.5, 0.6) is 0 Å². The molecule has 1 heterocycles. The zero-order valence-electron chi connectivity index (χ0n) is 11.6. The highest BCUT2D eigenvalue weighted by Crippen LogP contribution is 2.38. The maximum absolute atomic E-state index is 13.4. The molecule has 1 fully saturated rings. The summed E-state index contributed by atoms with van der Waals surface area (Å²) in [5, 5.41) is 3.01. The van der Waals surface area contributed by atoms with Crippen LogP contribution >= 0.6 is 0 Å². The Kier molecular flexibility index (Phi) is 5.33. The van der Waals surface area contributed by atoms with Crippen molar-refractivity contribution in [3.05, 3.63) is 35.1 Å². The predicted molar refractivity (Wildman–Crippen MR) is 69.2 cm³/mol. The van der Waals surface area contributed by atoms with Crippen molar-refractivity contribution >= 4 is 0 Å². The minimum Gasteiger partial charge on any atom is -0.314 e. The molecule has 1 aromatic carbocycles. The Hall–Kier alpha value is -1.28. The molecule has 1 saturated heterocycles. The second-order valence-corrected chi connectivity index (χ2v) is 5.16. The van der Waals surface area contributed by atoms with Crippen molar-refractivity contribution in [2.24, 2.45) is 0 Å². The summed E-state index contributed by atoms with van der Waals surface area (Å²) < 4.78 is 78.4. The van der Waals surface area contributed by atoms with Gasteiger partial charge in [-0.1, -0.05) is 0 Å². The third-order valence-corrected chi connectivity index (χ3v) is 3.67. The lowest BCUT2D eigenvalue weighted by molar-refractivity contribution is -0.139. The Morgan fingerprint density at radius 2 is 1.77 bits per heavy atom. The van der Waals surface area contributed by atoms with E-state index in [2.05, 4.69) is 5.32 Å². The first-order valence-electron chi connectivity index (χ1n) is 6.88. The van der Waals surface area contributed by atoms with E-state index < -0.39 is 42.0 Å². The predicted octanol–water partition coefficient (Wildman–Crippen LogP) is 3.45. The highest BCUT2D eigenvalue weighted by molar-refractivity contribution is 5.33. The molecule has 0 bridgehead atoms. The van der Waals surface area contributed by atoms with Crippen molar-refractivity contribution in [2.45, 2.75) is 25.1 Å². The summed E-state index contributed by atoms with van der Waals surface area (Å²) in [6, 6.07) is 0.877. The number of rotatable bonds is 4. The third kappa shape index (κ3) is 4.13. The van der Waals surface area contributed by atoms with E-state index in [1.54, 1.807) is 4.90 Å². The smallest absolute Gasteiger partial charge is 0.314 e. The van der Waals surface area contributed by atoms with Crippen LogP contribution in [0.2, 0.25) is 0 Å². The Morgan fingerprint density at radius 1 is 1.14 bits per heavy atom. The molecule has 0 saturated carbocycles. The fraction of sp³-hybridized carbons (Fsp3) is 0.571. The van der Waals surface area contributed by atoms with Crippen molar-refractivity contribution in [2.75, 3.05) is 26.2 Å². The Labute approximate surface area is 124 Å². The lowest BCUT2D eigenvalue weighted by Gasteiger charge is -2.36. The highest BCUT2D eigenvalue weighted by atomic mass is 19.4. The van der Waals surface area contributed by atoms with Gasteiger partial charge < -0.3 is 5.32 Å². The van der Waals surface area contributed by atoms with Gasteiger partial charge in [0.2, 0.25) is 6.43 Å². The molecule has 0 radical (unpaired) electrons. The van der Waals surface area contributed by atoms with Crippen LogP contribution in [0.4, 0.5) is 26.3 Å². The van der Waals surface area contributed by atoms with Crippen LogP contribution in [-0.4, -0.2) is 37.5 Å². The number of hydrogen-bond acceptors (Lipinski definition) is 2. The van der Waals surface area contributed by atoms with E-state index in [0.717, 1.165) is 6.07 Å². The fourth-order valence-electron chi connectivity index (χ4n) is 2.70. The van der Waals surface area contributed by atoms with Crippen molar-refractivity contribution < 1.29 is 26.3 Å². The summed E-state index contributed by atoms with van der Waals surface area (Å²) in [6.07, 6.45) is -8.24. The first-order valence-corrected chi connectivity index (χ1v) is 6.88. The molecule has 1 aliphatic heterocycles. The highest BCUT2D eigenvalue weighted by Gasteiger charge is 2.37.